The Morgan fingerprint density at radius 1 is 0.941 bits per heavy atom. The van der Waals surface area contributed by atoms with Crippen LogP contribution in [0.4, 0.5) is 0 Å². The maximum atomic E-state index is 12.9. The first-order chi connectivity index (χ1) is 16.5. The Morgan fingerprint density at radius 2 is 1.68 bits per heavy atom. The van der Waals surface area contributed by atoms with Crippen molar-refractivity contribution in [2.24, 2.45) is 0 Å². The molecule has 0 aliphatic heterocycles. The SMILES string of the molecule is COc1cc(C(=O)NCCc2nc3ccccc3n2Cc2cccc(C)c2)cc(OC)c1OC. The van der Waals surface area contributed by atoms with Gasteiger partial charge in [-0.05, 0) is 36.8 Å². The van der Waals surface area contributed by atoms with Gasteiger partial charge >= 0.3 is 0 Å². The molecular formula is C27H29N3O4. The van der Waals surface area contributed by atoms with E-state index < -0.39 is 0 Å². The number of nitrogens with one attached hydrogen (secondary N) is 1. The monoisotopic (exact) mass is 459 g/mol. The summed E-state index contributed by atoms with van der Waals surface area (Å²) in [6.45, 7) is 3.25. The van der Waals surface area contributed by atoms with Gasteiger partial charge in [-0.3, -0.25) is 4.79 Å². The Hall–Kier alpha value is -4.00. The van der Waals surface area contributed by atoms with Gasteiger partial charge in [-0.15, -0.1) is 0 Å². The normalized spacial score (nSPS) is 10.8. The smallest absolute Gasteiger partial charge is 0.251 e. The summed E-state index contributed by atoms with van der Waals surface area (Å²) in [5.41, 5.74) is 4.89. The van der Waals surface area contributed by atoms with Crippen LogP contribution in [0.5, 0.6) is 17.2 Å². The van der Waals surface area contributed by atoms with Crippen molar-refractivity contribution in [2.75, 3.05) is 27.9 Å². The van der Waals surface area contributed by atoms with E-state index in [0.717, 1.165) is 23.4 Å². The predicted molar refractivity (Wildman–Crippen MR) is 132 cm³/mol. The first kappa shape index (κ1) is 23.2. The molecule has 0 fully saturated rings. The largest absolute Gasteiger partial charge is 0.493 e. The van der Waals surface area contributed by atoms with Gasteiger partial charge in [-0.2, -0.15) is 0 Å². The average Bonchev–Trinajstić information content (AvgIpc) is 3.20. The number of amides is 1. The van der Waals surface area contributed by atoms with Crippen molar-refractivity contribution >= 4 is 16.9 Å². The average molecular weight is 460 g/mol. The molecule has 176 valence electrons. The summed E-state index contributed by atoms with van der Waals surface area (Å²) in [5.74, 6) is 2.03. The molecule has 0 spiro atoms. The molecule has 0 unspecified atom stereocenters. The highest BCUT2D eigenvalue weighted by molar-refractivity contribution is 5.95. The number of hydrogen-bond acceptors (Lipinski definition) is 5. The highest BCUT2D eigenvalue weighted by atomic mass is 16.5. The number of aromatic nitrogens is 2. The van der Waals surface area contributed by atoms with Crippen LogP contribution in [-0.4, -0.2) is 43.3 Å². The van der Waals surface area contributed by atoms with Crippen LogP contribution in [0.1, 0.15) is 27.3 Å². The Kier molecular flexibility index (Phi) is 7.01. The number of aryl methyl sites for hydroxylation is 1. The van der Waals surface area contributed by atoms with Crippen LogP contribution < -0.4 is 19.5 Å². The number of rotatable bonds is 9. The first-order valence-corrected chi connectivity index (χ1v) is 11.1. The molecule has 0 bridgehead atoms. The molecule has 4 rings (SSSR count). The van der Waals surface area contributed by atoms with Gasteiger partial charge in [0.1, 0.15) is 5.82 Å². The van der Waals surface area contributed by atoms with Crippen LogP contribution in [0.15, 0.2) is 60.7 Å². The maximum absolute atomic E-state index is 12.9. The van der Waals surface area contributed by atoms with Gasteiger partial charge in [0.05, 0.1) is 32.4 Å². The van der Waals surface area contributed by atoms with Gasteiger partial charge in [0, 0.05) is 25.1 Å². The molecule has 4 aromatic rings. The molecule has 7 nitrogen and oxygen atoms in total. The van der Waals surface area contributed by atoms with E-state index in [4.69, 9.17) is 19.2 Å². The number of para-hydroxylation sites is 2. The van der Waals surface area contributed by atoms with Gasteiger partial charge in [0.15, 0.2) is 11.5 Å². The number of imidazole rings is 1. The van der Waals surface area contributed by atoms with Gasteiger partial charge in [-0.25, -0.2) is 4.98 Å². The highest BCUT2D eigenvalue weighted by Gasteiger charge is 2.17. The second-order valence-corrected chi connectivity index (χ2v) is 8.01. The third-order valence-corrected chi connectivity index (χ3v) is 5.72. The van der Waals surface area contributed by atoms with Crippen LogP contribution in [-0.2, 0) is 13.0 Å². The molecule has 0 radical (unpaired) electrons. The van der Waals surface area contributed by atoms with Gasteiger partial charge in [0.2, 0.25) is 5.75 Å². The Morgan fingerprint density at radius 3 is 2.35 bits per heavy atom. The molecule has 0 saturated carbocycles. The molecule has 34 heavy (non-hydrogen) atoms. The summed E-state index contributed by atoms with van der Waals surface area (Å²) >= 11 is 0. The van der Waals surface area contributed by atoms with E-state index in [1.807, 2.05) is 18.2 Å². The second kappa shape index (κ2) is 10.3. The van der Waals surface area contributed by atoms with Crippen molar-refractivity contribution in [1.29, 1.82) is 0 Å². The lowest BCUT2D eigenvalue weighted by atomic mass is 10.1. The number of carbonyl (C=O) groups excluding carboxylic acids is 1. The molecule has 1 N–H and O–H groups in total. The van der Waals surface area contributed by atoms with E-state index >= 15 is 0 Å². The maximum Gasteiger partial charge on any atom is 0.251 e. The summed E-state index contributed by atoms with van der Waals surface area (Å²) in [4.78, 5) is 17.7. The number of carbonyl (C=O) groups is 1. The van der Waals surface area contributed by atoms with Crippen molar-refractivity contribution in [2.45, 2.75) is 19.9 Å². The minimum absolute atomic E-state index is 0.222. The van der Waals surface area contributed by atoms with Crippen molar-refractivity contribution in [3.05, 3.63) is 83.2 Å². The van der Waals surface area contributed by atoms with E-state index in [9.17, 15) is 4.79 Å². The molecule has 7 heteroatoms. The van der Waals surface area contributed by atoms with E-state index in [0.29, 0.717) is 35.8 Å². The summed E-state index contributed by atoms with van der Waals surface area (Å²) < 4.78 is 18.3. The summed E-state index contributed by atoms with van der Waals surface area (Å²) in [7, 11) is 4.58. The number of methoxy groups -OCH3 is 3. The first-order valence-electron chi connectivity index (χ1n) is 11.1. The van der Waals surface area contributed by atoms with Crippen LogP contribution in [0.3, 0.4) is 0 Å². The summed E-state index contributed by atoms with van der Waals surface area (Å²) in [5, 5.41) is 2.99. The highest BCUT2D eigenvalue weighted by Crippen LogP contribution is 2.38. The number of fused-ring (bicyclic) bond motifs is 1. The van der Waals surface area contributed by atoms with E-state index in [1.54, 1.807) is 12.1 Å². The predicted octanol–water partition coefficient (Wildman–Crippen LogP) is 4.39. The lowest BCUT2D eigenvalue weighted by molar-refractivity contribution is 0.0953. The van der Waals surface area contributed by atoms with Crippen LogP contribution >= 0.6 is 0 Å². The molecule has 0 aliphatic rings. The Labute approximate surface area is 199 Å². The minimum atomic E-state index is -0.222. The van der Waals surface area contributed by atoms with Crippen LogP contribution in [0, 0.1) is 6.92 Å². The summed E-state index contributed by atoms with van der Waals surface area (Å²) in [6, 6.07) is 19.9. The van der Waals surface area contributed by atoms with Crippen molar-refractivity contribution in [3.8, 4) is 17.2 Å². The number of ether oxygens (including phenoxy) is 3. The molecule has 1 heterocycles. The zero-order valence-electron chi connectivity index (χ0n) is 19.9. The topological polar surface area (TPSA) is 74.6 Å². The third kappa shape index (κ3) is 4.83. The van der Waals surface area contributed by atoms with E-state index in [-0.39, 0.29) is 5.91 Å². The van der Waals surface area contributed by atoms with Crippen molar-refractivity contribution < 1.29 is 19.0 Å². The number of nitrogens with zero attached hydrogens (tertiary/aromatic N) is 2. The molecule has 0 saturated heterocycles. The second-order valence-electron chi connectivity index (χ2n) is 8.01. The van der Waals surface area contributed by atoms with Crippen LogP contribution in [0.2, 0.25) is 0 Å². The minimum Gasteiger partial charge on any atom is -0.493 e. The van der Waals surface area contributed by atoms with Gasteiger partial charge < -0.3 is 24.1 Å². The van der Waals surface area contributed by atoms with Crippen LogP contribution in [0.25, 0.3) is 11.0 Å². The van der Waals surface area contributed by atoms with E-state index in [1.165, 1.54) is 32.5 Å². The van der Waals surface area contributed by atoms with Crippen molar-refractivity contribution in [3.63, 3.8) is 0 Å². The number of benzene rings is 3. The fourth-order valence-corrected chi connectivity index (χ4v) is 4.09. The molecular weight excluding hydrogens is 430 g/mol. The Balaban J connectivity index is 1.52. The van der Waals surface area contributed by atoms with Gasteiger partial charge in [0.25, 0.3) is 5.91 Å². The fourth-order valence-electron chi connectivity index (χ4n) is 4.09. The zero-order valence-corrected chi connectivity index (χ0v) is 19.9. The molecule has 3 aromatic carbocycles. The third-order valence-electron chi connectivity index (χ3n) is 5.72. The molecule has 0 atom stereocenters. The van der Waals surface area contributed by atoms with Crippen molar-refractivity contribution in [1.82, 2.24) is 14.9 Å². The fraction of sp³-hybridized carbons (Fsp3) is 0.259. The molecule has 1 amide bonds. The standard InChI is InChI=1S/C27H29N3O4/c1-18-8-7-9-19(14-18)17-30-22-11-6-5-10-21(22)29-25(30)12-13-28-27(31)20-15-23(32-2)26(34-4)24(16-20)33-3/h5-11,14-16H,12-13,17H2,1-4H3,(H,28,31). The quantitative estimate of drug-likeness (QED) is 0.402. The molecule has 1 aromatic heterocycles. The molecule has 0 aliphatic carbocycles. The Bertz CT molecular complexity index is 1290. The number of hydrogen-bond donors (Lipinski definition) is 1. The van der Waals surface area contributed by atoms with Gasteiger partial charge in [-0.1, -0.05) is 42.0 Å². The lowest BCUT2D eigenvalue weighted by Gasteiger charge is -2.14. The van der Waals surface area contributed by atoms with E-state index in [2.05, 4.69) is 47.1 Å². The lowest BCUT2D eigenvalue weighted by Crippen LogP contribution is -2.26. The zero-order chi connectivity index (χ0) is 24.1. The summed E-state index contributed by atoms with van der Waals surface area (Å²) in [6.07, 6.45) is 0.594.